The lowest BCUT2D eigenvalue weighted by atomic mass is 10.1. The third kappa shape index (κ3) is 3.61. The van der Waals surface area contributed by atoms with E-state index in [9.17, 15) is 9.59 Å². The average Bonchev–Trinajstić information content (AvgIpc) is 3.20. The largest absolute Gasteiger partial charge is 0.468 e. The van der Waals surface area contributed by atoms with Crippen molar-refractivity contribution in [2.75, 3.05) is 7.11 Å². The van der Waals surface area contributed by atoms with Crippen molar-refractivity contribution in [3.8, 4) is 0 Å². The van der Waals surface area contributed by atoms with Gasteiger partial charge >= 0.3 is 5.97 Å². The minimum Gasteiger partial charge on any atom is -0.468 e. The summed E-state index contributed by atoms with van der Waals surface area (Å²) < 4.78 is 8.47. The molecule has 148 valence electrons. The Bertz CT molecular complexity index is 1350. The number of fused-ring (bicyclic) bond motifs is 2. The fourth-order valence-electron chi connectivity index (χ4n) is 3.23. The topological polar surface area (TPSA) is 60.7 Å². The molecule has 0 atom stereocenters. The monoisotopic (exact) mass is 444 g/mol. The van der Waals surface area contributed by atoms with E-state index in [0.29, 0.717) is 14.7 Å². The number of hydrogen-bond acceptors (Lipinski definition) is 5. The molecule has 8 heteroatoms. The SMILES string of the molecule is COC(=O)Cn1c(=NC(=O)c2sc3ccccc3c2Cl)sc2c(C)cc(C)cc21. The van der Waals surface area contributed by atoms with Gasteiger partial charge in [0, 0.05) is 10.1 Å². The average molecular weight is 445 g/mol. The third-order valence-electron chi connectivity index (χ3n) is 4.56. The zero-order valence-electron chi connectivity index (χ0n) is 16.0. The molecule has 0 N–H and O–H groups in total. The molecule has 4 rings (SSSR count). The number of hydrogen-bond donors (Lipinski definition) is 0. The summed E-state index contributed by atoms with van der Waals surface area (Å²) in [5.74, 6) is -0.826. The Kier molecular flexibility index (Phi) is 5.29. The molecule has 0 saturated carbocycles. The third-order valence-corrected chi connectivity index (χ3v) is 7.45. The van der Waals surface area contributed by atoms with Crippen molar-refractivity contribution in [3.63, 3.8) is 0 Å². The van der Waals surface area contributed by atoms with Crippen LogP contribution in [-0.2, 0) is 16.1 Å². The molecule has 2 heterocycles. The van der Waals surface area contributed by atoms with Crippen LogP contribution in [0.5, 0.6) is 0 Å². The molecule has 0 aliphatic heterocycles. The van der Waals surface area contributed by atoms with E-state index in [1.807, 2.05) is 44.2 Å². The van der Waals surface area contributed by atoms with Crippen LogP contribution in [0.3, 0.4) is 0 Å². The number of methoxy groups -OCH3 is 1. The first-order valence-corrected chi connectivity index (χ1v) is 10.8. The van der Waals surface area contributed by atoms with Crippen LogP contribution >= 0.6 is 34.3 Å². The predicted octanol–water partition coefficient (Wildman–Crippen LogP) is 5.10. The number of halogens is 1. The minimum atomic E-state index is -0.421. The standard InChI is InChI=1S/C21H17ClN2O3S2/c1-11-8-12(2)18-14(9-11)24(10-16(25)27-3)21(29-18)23-20(26)19-17(22)13-6-4-5-7-15(13)28-19/h4-9H,10H2,1-3H3. The molecule has 0 fully saturated rings. The lowest BCUT2D eigenvalue weighted by molar-refractivity contribution is -0.141. The Balaban J connectivity index is 1.91. The van der Waals surface area contributed by atoms with E-state index in [2.05, 4.69) is 11.1 Å². The Morgan fingerprint density at radius 1 is 1.17 bits per heavy atom. The van der Waals surface area contributed by atoms with Gasteiger partial charge < -0.3 is 9.30 Å². The van der Waals surface area contributed by atoms with Gasteiger partial charge in [-0.2, -0.15) is 4.99 Å². The molecule has 0 radical (unpaired) electrons. The molecule has 0 spiro atoms. The molecule has 0 aliphatic rings. The van der Waals surface area contributed by atoms with E-state index in [4.69, 9.17) is 16.3 Å². The first-order chi connectivity index (χ1) is 13.9. The Morgan fingerprint density at radius 2 is 1.93 bits per heavy atom. The van der Waals surface area contributed by atoms with Gasteiger partial charge in [0.25, 0.3) is 5.91 Å². The quantitative estimate of drug-likeness (QED) is 0.413. The van der Waals surface area contributed by atoms with E-state index in [1.54, 1.807) is 4.57 Å². The summed E-state index contributed by atoms with van der Waals surface area (Å²) in [6.07, 6.45) is 0. The second-order valence-corrected chi connectivity index (χ2v) is 9.04. The van der Waals surface area contributed by atoms with Crippen molar-refractivity contribution in [1.29, 1.82) is 0 Å². The number of ether oxygens (including phenoxy) is 1. The van der Waals surface area contributed by atoms with Gasteiger partial charge in [0.05, 0.1) is 22.3 Å². The molecule has 2 aromatic carbocycles. The van der Waals surface area contributed by atoms with Gasteiger partial charge in [-0.1, -0.05) is 47.2 Å². The van der Waals surface area contributed by atoms with Gasteiger partial charge in [-0.15, -0.1) is 11.3 Å². The van der Waals surface area contributed by atoms with Crippen LogP contribution in [0.2, 0.25) is 5.02 Å². The van der Waals surface area contributed by atoms with Crippen LogP contribution < -0.4 is 4.80 Å². The summed E-state index contributed by atoms with van der Waals surface area (Å²) in [6.45, 7) is 3.97. The molecule has 2 aromatic heterocycles. The summed E-state index contributed by atoms with van der Waals surface area (Å²) in [7, 11) is 1.34. The van der Waals surface area contributed by atoms with Crippen molar-refractivity contribution in [2.45, 2.75) is 20.4 Å². The fourth-order valence-corrected chi connectivity index (χ4v) is 5.71. The summed E-state index contributed by atoms with van der Waals surface area (Å²) in [6, 6.07) is 11.6. The maximum Gasteiger partial charge on any atom is 0.325 e. The van der Waals surface area contributed by atoms with Gasteiger partial charge in [0.15, 0.2) is 4.80 Å². The van der Waals surface area contributed by atoms with Crippen molar-refractivity contribution in [2.24, 2.45) is 4.99 Å². The highest BCUT2D eigenvalue weighted by atomic mass is 35.5. The fraction of sp³-hybridized carbons (Fsp3) is 0.190. The number of benzene rings is 2. The smallest absolute Gasteiger partial charge is 0.325 e. The molecular formula is C21H17ClN2O3S2. The summed E-state index contributed by atoms with van der Waals surface area (Å²) in [5, 5.41) is 1.25. The second kappa shape index (κ2) is 7.74. The van der Waals surface area contributed by atoms with E-state index in [-0.39, 0.29) is 6.54 Å². The van der Waals surface area contributed by atoms with Crippen molar-refractivity contribution in [1.82, 2.24) is 4.57 Å². The molecule has 0 saturated heterocycles. The lowest BCUT2D eigenvalue weighted by Gasteiger charge is -2.05. The van der Waals surface area contributed by atoms with Crippen LogP contribution in [0.4, 0.5) is 0 Å². The van der Waals surface area contributed by atoms with Crippen molar-refractivity contribution < 1.29 is 14.3 Å². The Labute approximate surface area is 179 Å². The number of carbonyl (C=O) groups excluding carboxylic acids is 2. The first kappa shape index (κ1) is 19.8. The van der Waals surface area contributed by atoms with Gasteiger partial charge in [-0.3, -0.25) is 9.59 Å². The lowest BCUT2D eigenvalue weighted by Crippen LogP contribution is -2.22. The van der Waals surface area contributed by atoms with E-state index in [1.165, 1.54) is 29.8 Å². The number of thiazole rings is 1. The van der Waals surface area contributed by atoms with Crippen molar-refractivity contribution in [3.05, 3.63) is 62.2 Å². The number of amides is 1. The molecule has 29 heavy (non-hydrogen) atoms. The number of aryl methyl sites for hydroxylation is 2. The van der Waals surface area contributed by atoms with Crippen LogP contribution in [0.1, 0.15) is 20.8 Å². The minimum absolute atomic E-state index is 0.0222. The highest BCUT2D eigenvalue weighted by Gasteiger charge is 2.18. The number of rotatable bonds is 3. The number of thiophene rings is 1. The maximum atomic E-state index is 13.0. The molecule has 0 aliphatic carbocycles. The zero-order valence-corrected chi connectivity index (χ0v) is 18.4. The molecule has 0 bridgehead atoms. The molecular weight excluding hydrogens is 428 g/mol. The van der Waals surface area contributed by atoms with E-state index in [0.717, 1.165) is 31.4 Å². The van der Waals surface area contributed by atoms with Gasteiger partial charge in [-0.05, 0) is 37.1 Å². The van der Waals surface area contributed by atoms with E-state index >= 15 is 0 Å². The van der Waals surface area contributed by atoms with Gasteiger partial charge in [0.2, 0.25) is 0 Å². The first-order valence-electron chi connectivity index (χ1n) is 8.82. The van der Waals surface area contributed by atoms with Gasteiger partial charge in [0.1, 0.15) is 11.4 Å². The van der Waals surface area contributed by atoms with Crippen LogP contribution in [0.25, 0.3) is 20.3 Å². The van der Waals surface area contributed by atoms with Crippen LogP contribution in [0, 0.1) is 13.8 Å². The normalized spacial score (nSPS) is 12.1. The number of nitrogens with zero attached hydrogens (tertiary/aromatic N) is 2. The molecule has 5 nitrogen and oxygen atoms in total. The highest BCUT2D eigenvalue weighted by Crippen LogP contribution is 2.35. The Hall–Kier alpha value is -2.48. The summed E-state index contributed by atoms with van der Waals surface area (Å²) >= 11 is 9.13. The number of aromatic nitrogens is 1. The van der Waals surface area contributed by atoms with Gasteiger partial charge in [-0.25, -0.2) is 0 Å². The Morgan fingerprint density at radius 3 is 2.66 bits per heavy atom. The predicted molar refractivity (Wildman–Crippen MR) is 118 cm³/mol. The number of esters is 1. The number of carbonyl (C=O) groups is 2. The molecule has 1 amide bonds. The maximum absolute atomic E-state index is 13.0. The van der Waals surface area contributed by atoms with Crippen LogP contribution in [-0.4, -0.2) is 23.6 Å². The second-order valence-electron chi connectivity index (χ2n) is 6.64. The molecule has 0 unspecified atom stereocenters. The summed E-state index contributed by atoms with van der Waals surface area (Å²) in [4.78, 5) is 30.1. The van der Waals surface area contributed by atoms with Crippen molar-refractivity contribution >= 4 is 66.5 Å². The van der Waals surface area contributed by atoms with Crippen LogP contribution in [0.15, 0.2) is 41.4 Å². The highest BCUT2D eigenvalue weighted by molar-refractivity contribution is 7.21. The summed E-state index contributed by atoms with van der Waals surface area (Å²) in [5.41, 5.74) is 2.99. The molecule has 4 aromatic rings. The van der Waals surface area contributed by atoms with E-state index < -0.39 is 11.9 Å². The zero-order chi connectivity index (χ0) is 20.7.